The van der Waals surface area contributed by atoms with Crippen LogP contribution in [-0.2, 0) is 0 Å². The van der Waals surface area contributed by atoms with Gasteiger partial charge in [0, 0.05) is 32.8 Å². The lowest BCUT2D eigenvalue weighted by Gasteiger charge is -2.35. The fraction of sp³-hybridized carbons (Fsp3) is 0.222. The van der Waals surface area contributed by atoms with E-state index in [2.05, 4.69) is 43.4 Å². The summed E-state index contributed by atoms with van der Waals surface area (Å²) in [6.07, 6.45) is 4.20. The first-order valence-corrected chi connectivity index (χ1v) is 11.8. The lowest BCUT2D eigenvalue weighted by atomic mass is 9.83. The van der Waals surface area contributed by atoms with Gasteiger partial charge >= 0.3 is 0 Å². The minimum absolute atomic E-state index is 0.0581. The second kappa shape index (κ2) is 7.95. The van der Waals surface area contributed by atoms with Gasteiger partial charge in [-0.1, -0.05) is 17.3 Å². The van der Waals surface area contributed by atoms with Crippen LogP contribution < -0.4 is 14.8 Å². The van der Waals surface area contributed by atoms with E-state index >= 15 is 0 Å². The number of anilines is 1. The molecule has 6 nitrogen and oxygen atoms in total. The van der Waals surface area contributed by atoms with E-state index in [1.807, 2.05) is 23.6 Å². The fourth-order valence-corrected chi connectivity index (χ4v) is 5.72. The highest BCUT2D eigenvalue weighted by Gasteiger charge is 2.33. The third-order valence-corrected chi connectivity index (χ3v) is 7.03. The largest absolute Gasteiger partial charge is 0.504 e. The van der Waals surface area contributed by atoms with Crippen molar-refractivity contribution in [3.05, 3.63) is 63.4 Å². The molecule has 0 saturated carbocycles. The standard InChI is InChI=1S/C27H26N2O4S/c1-14-13-27(3,4)28-18-7-6-17-24(23(14)18)21(12-22-16(10-11-34-22)15(2)29-31)33-20-9-8-19(30)26(32-5)25(17)20/h6-13,28,30-31H,1-5H3/b21-12-,29-15+. The Bertz CT molecular complexity index is 1410. The molecule has 0 unspecified atom stereocenters. The number of thiophene rings is 1. The van der Waals surface area contributed by atoms with E-state index < -0.39 is 0 Å². The van der Waals surface area contributed by atoms with Gasteiger partial charge < -0.3 is 25.1 Å². The van der Waals surface area contributed by atoms with Crippen LogP contribution in [-0.4, -0.2) is 28.7 Å². The first-order valence-electron chi connectivity index (χ1n) is 11.0. The molecule has 0 saturated heterocycles. The summed E-state index contributed by atoms with van der Waals surface area (Å²) in [6, 6.07) is 9.38. The molecule has 0 amide bonds. The van der Waals surface area contributed by atoms with Crippen molar-refractivity contribution in [2.75, 3.05) is 12.4 Å². The number of phenolic OH excluding ortho intramolecular Hbond substituents is 1. The minimum Gasteiger partial charge on any atom is -0.504 e. The molecule has 3 heterocycles. The smallest absolute Gasteiger partial charge is 0.172 e. The molecule has 0 fully saturated rings. The third kappa shape index (κ3) is 3.44. The summed E-state index contributed by atoms with van der Waals surface area (Å²) >= 11 is 1.55. The third-order valence-electron chi connectivity index (χ3n) is 6.17. The molecule has 1 aromatic heterocycles. The van der Waals surface area contributed by atoms with Crippen molar-refractivity contribution in [1.29, 1.82) is 0 Å². The molecular formula is C27H26N2O4S. The number of methoxy groups -OCH3 is 1. The number of nitrogens with one attached hydrogen (secondary N) is 1. The normalized spacial score (nSPS) is 17.1. The van der Waals surface area contributed by atoms with Crippen molar-refractivity contribution in [3.8, 4) is 28.4 Å². The highest BCUT2D eigenvalue weighted by molar-refractivity contribution is 7.11. The zero-order valence-corrected chi connectivity index (χ0v) is 20.5. The summed E-state index contributed by atoms with van der Waals surface area (Å²) in [5, 5.41) is 28.8. The van der Waals surface area contributed by atoms with E-state index in [0.29, 0.717) is 23.0 Å². The molecule has 7 heteroatoms. The van der Waals surface area contributed by atoms with Gasteiger partial charge in [-0.3, -0.25) is 0 Å². The van der Waals surface area contributed by atoms with Crippen molar-refractivity contribution in [2.45, 2.75) is 33.2 Å². The van der Waals surface area contributed by atoms with Gasteiger partial charge in [0.05, 0.1) is 23.9 Å². The maximum atomic E-state index is 10.5. The SMILES string of the molecule is COc1c(O)ccc2c1-c1ccc3c(c1/C(=C/c1sccc1/C(C)=N/O)O2)C(C)=CC(C)(C)N3. The van der Waals surface area contributed by atoms with Crippen molar-refractivity contribution < 1.29 is 19.8 Å². The summed E-state index contributed by atoms with van der Waals surface area (Å²) in [7, 11) is 1.54. The quantitative estimate of drug-likeness (QED) is 0.220. The average Bonchev–Trinajstić information content (AvgIpc) is 3.25. The van der Waals surface area contributed by atoms with Crippen molar-refractivity contribution in [2.24, 2.45) is 5.16 Å². The number of hydrogen-bond donors (Lipinski definition) is 3. The lowest BCUT2D eigenvalue weighted by Crippen LogP contribution is -2.32. The molecule has 2 aliphatic heterocycles. The Labute approximate surface area is 202 Å². The zero-order chi connectivity index (χ0) is 24.2. The summed E-state index contributed by atoms with van der Waals surface area (Å²) in [4.78, 5) is 0.925. The van der Waals surface area contributed by atoms with Gasteiger partial charge in [0.2, 0.25) is 0 Å². The highest BCUT2D eigenvalue weighted by Crippen LogP contribution is 2.54. The first kappa shape index (κ1) is 22.1. The number of oxime groups is 1. The molecule has 34 heavy (non-hydrogen) atoms. The molecule has 3 N–H and O–H groups in total. The van der Waals surface area contributed by atoms with Gasteiger partial charge in [-0.25, -0.2) is 0 Å². The molecule has 5 rings (SSSR count). The maximum absolute atomic E-state index is 10.5. The Morgan fingerprint density at radius 2 is 1.94 bits per heavy atom. The zero-order valence-electron chi connectivity index (χ0n) is 19.7. The van der Waals surface area contributed by atoms with E-state index in [1.165, 1.54) is 0 Å². The minimum atomic E-state index is -0.186. The van der Waals surface area contributed by atoms with Crippen molar-refractivity contribution >= 4 is 40.1 Å². The summed E-state index contributed by atoms with van der Waals surface area (Å²) in [5.74, 6) is 1.71. The van der Waals surface area contributed by atoms with Crippen LogP contribution in [0.2, 0.25) is 0 Å². The number of ether oxygens (including phenoxy) is 2. The van der Waals surface area contributed by atoms with Gasteiger partial charge in [0.15, 0.2) is 11.5 Å². The Kier molecular flexibility index (Phi) is 5.17. The molecule has 174 valence electrons. The summed E-state index contributed by atoms with van der Waals surface area (Å²) in [6.45, 7) is 8.14. The number of rotatable bonds is 3. The number of benzene rings is 2. The predicted molar refractivity (Wildman–Crippen MR) is 138 cm³/mol. The van der Waals surface area contributed by atoms with Crippen LogP contribution in [0.25, 0.3) is 28.5 Å². The Morgan fingerprint density at radius 1 is 1.15 bits per heavy atom. The number of allylic oxidation sites excluding steroid dienone is 1. The van der Waals surface area contributed by atoms with Crippen LogP contribution in [0.4, 0.5) is 5.69 Å². The topological polar surface area (TPSA) is 83.3 Å². The van der Waals surface area contributed by atoms with E-state index in [9.17, 15) is 10.3 Å². The molecule has 0 radical (unpaired) electrons. The summed E-state index contributed by atoms with van der Waals surface area (Å²) in [5.41, 5.74) is 6.93. The Balaban J connectivity index is 1.83. The van der Waals surface area contributed by atoms with E-state index in [0.717, 1.165) is 44.0 Å². The van der Waals surface area contributed by atoms with Crippen molar-refractivity contribution in [1.82, 2.24) is 0 Å². The second-order valence-corrected chi connectivity index (χ2v) is 10.0. The van der Waals surface area contributed by atoms with Crippen LogP contribution in [0.3, 0.4) is 0 Å². The van der Waals surface area contributed by atoms with E-state index in [4.69, 9.17) is 9.47 Å². The highest BCUT2D eigenvalue weighted by atomic mass is 32.1. The lowest BCUT2D eigenvalue weighted by molar-refractivity contribution is 0.319. The molecule has 0 spiro atoms. The Morgan fingerprint density at radius 3 is 2.68 bits per heavy atom. The second-order valence-electron chi connectivity index (χ2n) is 9.07. The molecule has 3 aromatic rings. The maximum Gasteiger partial charge on any atom is 0.172 e. The van der Waals surface area contributed by atoms with Gasteiger partial charge in [-0.15, -0.1) is 11.3 Å². The summed E-state index contributed by atoms with van der Waals surface area (Å²) < 4.78 is 12.1. The van der Waals surface area contributed by atoms with Gasteiger partial charge in [0.25, 0.3) is 0 Å². The van der Waals surface area contributed by atoms with Crippen LogP contribution >= 0.6 is 11.3 Å². The predicted octanol–water partition coefficient (Wildman–Crippen LogP) is 6.83. The molecule has 2 aromatic carbocycles. The molecule has 0 atom stereocenters. The van der Waals surface area contributed by atoms with E-state index in [1.54, 1.807) is 37.5 Å². The van der Waals surface area contributed by atoms with E-state index in [-0.39, 0.29) is 11.3 Å². The number of aromatic hydroxyl groups is 1. The van der Waals surface area contributed by atoms with Crippen molar-refractivity contribution in [3.63, 3.8) is 0 Å². The van der Waals surface area contributed by atoms with Crippen LogP contribution in [0.1, 0.15) is 49.3 Å². The Hall–Kier alpha value is -3.71. The first-order chi connectivity index (χ1) is 16.2. The number of hydrogen-bond acceptors (Lipinski definition) is 7. The number of nitrogens with zero attached hydrogens (tertiary/aromatic N) is 1. The van der Waals surface area contributed by atoms with Gasteiger partial charge in [-0.05, 0) is 69.0 Å². The van der Waals surface area contributed by atoms with Crippen LogP contribution in [0.15, 0.2) is 46.9 Å². The van der Waals surface area contributed by atoms with Gasteiger partial charge in [0.1, 0.15) is 11.5 Å². The van der Waals surface area contributed by atoms with Crippen LogP contribution in [0, 0.1) is 0 Å². The molecular weight excluding hydrogens is 448 g/mol. The van der Waals surface area contributed by atoms with Crippen LogP contribution in [0.5, 0.6) is 17.2 Å². The monoisotopic (exact) mass is 474 g/mol. The number of phenols is 1. The molecule has 0 bridgehead atoms. The average molecular weight is 475 g/mol. The molecule has 0 aliphatic carbocycles. The fourth-order valence-electron chi connectivity index (χ4n) is 4.85. The van der Waals surface area contributed by atoms with Gasteiger partial charge in [-0.2, -0.15) is 0 Å². The molecule has 2 aliphatic rings. The number of fused-ring (bicyclic) bond motifs is 5.